The maximum atomic E-state index is 11.7. The van der Waals surface area contributed by atoms with Crippen LogP contribution in [0.1, 0.15) is 113 Å². The third-order valence-electron chi connectivity index (χ3n) is 12.2. The molecule has 6 rings (SSSR count). The average molecular weight is 465 g/mol. The molecule has 5 aliphatic carbocycles. The molecule has 3 nitrogen and oxygen atoms in total. The van der Waals surface area contributed by atoms with Crippen LogP contribution >= 0.6 is 0 Å². The van der Waals surface area contributed by atoms with Crippen molar-refractivity contribution < 1.29 is 15.0 Å². The number of fused-ring (bicyclic) bond motifs is 5. The number of carboxylic acid groups (broad SMARTS) is 1. The van der Waals surface area contributed by atoms with E-state index >= 15 is 0 Å². The van der Waals surface area contributed by atoms with Crippen molar-refractivity contribution in [2.45, 2.75) is 103 Å². The van der Waals surface area contributed by atoms with E-state index in [1.54, 1.807) is 6.07 Å². The third kappa shape index (κ3) is 3.51. The second-order valence-electron chi connectivity index (χ2n) is 13.4. The third-order valence-corrected chi connectivity index (χ3v) is 12.2. The maximum absolute atomic E-state index is 11.7. The summed E-state index contributed by atoms with van der Waals surface area (Å²) in [6.07, 6.45) is 15.5. The largest absolute Gasteiger partial charge is 0.478 e. The lowest BCUT2D eigenvalue weighted by Gasteiger charge is -2.62. The first-order valence-corrected chi connectivity index (χ1v) is 14.3. The van der Waals surface area contributed by atoms with Crippen LogP contribution in [0.5, 0.6) is 0 Å². The van der Waals surface area contributed by atoms with Crippen molar-refractivity contribution in [2.75, 3.05) is 0 Å². The fourth-order valence-electron chi connectivity index (χ4n) is 10.2. The zero-order valence-electron chi connectivity index (χ0n) is 21.2. The molecule has 10 atom stereocenters. The number of carbonyl (C=O) groups is 1. The Bertz CT molecular complexity index is 940. The van der Waals surface area contributed by atoms with Crippen molar-refractivity contribution in [3.05, 3.63) is 35.4 Å². The molecule has 0 spiro atoms. The number of carboxylic acids is 1. The Morgan fingerprint density at radius 2 is 1.74 bits per heavy atom. The van der Waals surface area contributed by atoms with Crippen molar-refractivity contribution in [1.29, 1.82) is 0 Å². The summed E-state index contributed by atoms with van der Waals surface area (Å²) in [6.45, 7) is 5.18. The van der Waals surface area contributed by atoms with Gasteiger partial charge in [0.2, 0.25) is 0 Å². The Morgan fingerprint density at radius 3 is 2.56 bits per heavy atom. The molecule has 5 aliphatic rings. The van der Waals surface area contributed by atoms with Gasteiger partial charge in [0.05, 0.1) is 11.7 Å². The summed E-state index contributed by atoms with van der Waals surface area (Å²) in [7, 11) is 0. The van der Waals surface area contributed by atoms with Gasteiger partial charge in [0.1, 0.15) is 0 Å². The van der Waals surface area contributed by atoms with Gasteiger partial charge in [0, 0.05) is 0 Å². The molecule has 1 aromatic carbocycles. The quantitative estimate of drug-likeness (QED) is 0.481. The lowest BCUT2D eigenvalue weighted by Crippen LogP contribution is -2.57. The standard InChI is InChI=1S/C31H44O3/c1-30-15-6-5-7-21(30)18-27(32)28-25-13-12-20(31(25,2)16-14-26(28)30)11-10-19-17-24(19)22-8-3-4-9-23(22)29(33)34/h3-4,8-9,19-21,24-28,32H,5-7,10-18H2,1-2H3,(H,33,34). The molecule has 5 saturated carbocycles. The molecule has 0 saturated heterocycles. The van der Waals surface area contributed by atoms with Crippen molar-refractivity contribution in [2.24, 2.45) is 46.3 Å². The molecule has 186 valence electrons. The summed E-state index contributed by atoms with van der Waals surface area (Å²) >= 11 is 0. The molecule has 0 bridgehead atoms. The predicted octanol–water partition coefficient (Wildman–Crippen LogP) is 7.29. The maximum Gasteiger partial charge on any atom is 0.335 e. The molecule has 0 amide bonds. The Labute approximate surface area is 205 Å². The minimum Gasteiger partial charge on any atom is -0.478 e. The predicted molar refractivity (Wildman–Crippen MR) is 135 cm³/mol. The zero-order chi connectivity index (χ0) is 23.7. The van der Waals surface area contributed by atoms with Crippen molar-refractivity contribution in [3.63, 3.8) is 0 Å². The first-order valence-electron chi connectivity index (χ1n) is 14.3. The van der Waals surface area contributed by atoms with Gasteiger partial charge in [-0.15, -0.1) is 0 Å². The molecule has 34 heavy (non-hydrogen) atoms. The van der Waals surface area contributed by atoms with Crippen molar-refractivity contribution in [3.8, 4) is 0 Å². The van der Waals surface area contributed by atoms with Crippen LogP contribution in [-0.4, -0.2) is 22.3 Å². The van der Waals surface area contributed by atoms with Crippen LogP contribution in [0.15, 0.2) is 24.3 Å². The van der Waals surface area contributed by atoms with Gasteiger partial charge >= 0.3 is 5.97 Å². The van der Waals surface area contributed by atoms with Crippen LogP contribution < -0.4 is 0 Å². The summed E-state index contributed by atoms with van der Waals surface area (Å²) in [5.74, 6) is 3.80. The molecular formula is C31H44O3. The Balaban J connectivity index is 1.13. The highest BCUT2D eigenvalue weighted by Gasteiger charge is 2.61. The average Bonchev–Trinajstić information content (AvgIpc) is 3.52. The van der Waals surface area contributed by atoms with Gasteiger partial charge in [-0.25, -0.2) is 4.79 Å². The Hall–Kier alpha value is -1.35. The number of aliphatic hydroxyl groups is 1. The van der Waals surface area contributed by atoms with Gasteiger partial charge < -0.3 is 10.2 Å². The minimum absolute atomic E-state index is 0.0788. The highest BCUT2D eigenvalue weighted by atomic mass is 16.4. The first-order chi connectivity index (χ1) is 16.3. The van der Waals surface area contributed by atoms with Crippen LogP contribution in [0.3, 0.4) is 0 Å². The van der Waals surface area contributed by atoms with Crippen LogP contribution in [0.4, 0.5) is 0 Å². The van der Waals surface area contributed by atoms with Crippen LogP contribution in [0.2, 0.25) is 0 Å². The number of hydrogen-bond donors (Lipinski definition) is 2. The van der Waals surface area contributed by atoms with Gasteiger partial charge in [-0.1, -0.05) is 44.9 Å². The first kappa shape index (κ1) is 23.1. The summed E-state index contributed by atoms with van der Waals surface area (Å²) in [6, 6.07) is 7.63. The number of aliphatic hydroxyl groups excluding tert-OH is 1. The van der Waals surface area contributed by atoms with E-state index in [2.05, 4.69) is 13.8 Å². The van der Waals surface area contributed by atoms with Crippen LogP contribution in [-0.2, 0) is 0 Å². The van der Waals surface area contributed by atoms with Crippen LogP contribution in [0.25, 0.3) is 0 Å². The second kappa shape index (κ2) is 8.36. The van der Waals surface area contributed by atoms with E-state index in [-0.39, 0.29) is 6.10 Å². The summed E-state index contributed by atoms with van der Waals surface area (Å²) in [5.41, 5.74) is 2.42. The molecule has 2 N–H and O–H groups in total. The highest BCUT2D eigenvalue weighted by Crippen LogP contribution is 2.68. The summed E-state index contributed by atoms with van der Waals surface area (Å²) in [5, 5.41) is 21.0. The van der Waals surface area contributed by atoms with E-state index in [0.29, 0.717) is 40.1 Å². The van der Waals surface area contributed by atoms with E-state index in [0.717, 1.165) is 36.2 Å². The monoisotopic (exact) mass is 464 g/mol. The van der Waals surface area contributed by atoms with E-state index in [9.17, 15) is 15.0 Å². The molecule has 10 unspecified atom stereocenters. The van der Waals surface area contributed by atoms with Crippen LogP contribution in [0, 0.1) is 46.3 Å². The fraction of sp³-hybridized carbons (Fsp3) is 0.774. The van der Waals surface area contributed by atoms with E-state index in [1.165, 1.54) is 64.2 Å². The Kier molecular flexibility index (Phi) is 5.67. The Morgan fingerprint density at radius 1 is 0.941 bits per heavy atom. The molecule has 0 heterocycles. The number of aromatic carboxylic acids is 1. The van der Waals surface area contributed by atoms with Gasteiger partial charge in [-0.3, -0.25) is 0 Å². The molecular weight excluding hydrogens is 420 g/mol. The molecule has 0 aliphatic heterocycles. The van der Waals surface area contributed by atoms with Crippen molar-refractivity contribution in [1.82, 2.24) is 0 Å². The van der Waals surface area contributed by atoms with E-state index < -0.39 is 5.97 Å². The number of hydrogen-bond acceptors (Lipinski definition) is 2. The molecule has 1 aromatic rings. The summed E-state index contributed by atoms with van der Waals surface area (Å²) < 4.78 is 0. The van der Waals surface area contributed by atoms with Gasteiger partial charge in [-0.2, -0.15) is 0 Å². The molecule has 0 radical (unpaired) electrons. The summed E-state index contributed by atoms with van der Waals surface area (Å²) in [4.78, 5) is 11.7. The zero-order valence-corrected chi connectivity index (χ0v) is 21.2. The van der Waals surface area contributed by atoms with E-state index in [1.807, 2.05) is 18.2 Å². The van der Waals surface area contributed by atoms with Crippen molar-refractivity contribution >= 4 is 5.97 Å². The minimum atomic E-state index is -0.788. The lowest BCUT2D eigenvalue weighted by atomic mass is 9.44. The second-order valence-corrected chi connectivity index (χ2v) is 13.4. The molecule has 0 aromatic heterocycles. The molecule has 5 fully saturated rings. The van der Waals surface area contributed by atoms with Gasteiger partial charge in [-0.05, 0) is 128 Å². The highest BCUT2D eigenvalue weighted by molar-refractivity contribution is 5.89. The molecule has 3 heteroatoms. The van der Waals surface area contributed by atoms with Gasteiger partial charge in [0.25, 0.3) is 0 Å². The fourth-order valence-corrected chi connectivity index (χ4v) is 10.2. The number of rotatable bonds is 5. The normalized spacial score (nSPS) is 47.4. The topological polar surface area (TPSA) is 57.5 Å². The van der Waals surface area contributed by atoms with E-state index in [4.69, 9.17) is 0 Å². The smallest absolute Gasteiger partial charge is 0.335 e. The number of benzene rings is 1. The SMILES string of the molecule is CC12CCC3C(C(O)CC4CCCCC43C)C1CCC2CCC1CC1c1ccccc1C(=O)O. The lowest BCUT2D eigenvalue weighted by molar-refractivity contribution is -0.162. The van der Waals surface area contributed by atoms with Gasteiger partial charge in [0.15, 0.2) is 0 Å².